The van der Waals surface area contributed by atoms with Gasteiger partial charge in [0.2, 0.25) is 0 Å². The maximum Gasteiger partial charge on any atom is 0.261 e. The van der Waals surface area contributed by atoms with E-state index in [1.165, 1.54) is 18.2 Å². The quantitative estimate of drug-likeness (QED) is 0.557. The van der Waals surface area contributed by atoms with Crippen molar-refractivity contribution in [3.8, 4) is 5.75 Å². The predicted octanol–water partition coefficient (Wildman–Crippen LogP) is 4.92. The predicted molar refractivity (Wildman–Crippen MR) is 124 cm³/mol. The third kappa shape index (κ3) is 4.85. The Morgan fingerprint density at radius 1 is 1.09 bits per heavy atom. The summed E-state index contributed by atoms with van der Waals surface area (Å²) in [7, 11) is -2.40. The van der Waals surface area contributed by atoms with Crippen LogP contribution in [0.15, 0.2) is 71.6 Å². The van der Waals surface area contributed by atoms with Gasteiger partial charge in [0.1, 0.15) is 11.6 Å². The molecule has 0 radical (unpaired) electrons. The molecule has 0 aliphatic carbocycles. The topological polar surface area (TPSA) is 75.7 Å². The Kier molecular flexibility index (Phi) is 6.37. The number of nitrogens with one attached hydrogen (secondary N) is 1. The minimum absolute atomic E-state index is 0.0801. The summed E-state index contributed by atoms with van der Waals surface area (Å²) in [5, 5.41) is 0. The van der Waals surface area contributed by atoms with Crippen molar-refractivity contribution in [2.75, 3.05) is 18.4 Å². The van der Waals surface area contributed by atoms with E-state index in [0.717, 1.165) is 30.2 Å². The second-order valence-corrected chi connectivity index (χ2v) is 9.71. The number of sulfonamides is 1. The fourth-order valence-corrected chi connectivity index (χ4v) is 5.10. The molecular formula is C25H25FN2O4S. The molecule has 33 heavy (non-hydrogen) atoms. The number of amides is 1. The van der Waals surface area contributed by atoms with Gasteiger partial charge in [-0.05, 0) is 73.4 Å². The number of halogens is 1. The Hall–Kier alpha value is -3.39. The van der Waals surface area contributed by atoms with Crippen LogP contribution in [0.25, 0.3) is 0 Å². The average Bonchev–Trinajstić information content (AvgIpc) is 3.30. The zero-order valence-corrected chi connectivity index (χ0v) is 19.2. The molecule has 6 nitrogen and oxygen atoms in total. The van der Waals surface area contributed by atoms with Gasteiger partial charge in [0.25, 0.3) is 15.9 Å². The monoisotopic (exact) mass is 468 g/mol. The smallest absolute Gasteiger partial charge is 0.261 e. The Bertz CT molecular complexity index is 1290. The summed E-state index contributed by atoms with van der Waals surface area (Å²) in [6.45, 7) is 2.17. The Balaban J connectivity index is 1.56. The molecule has 3 aromatic carbocycles. The molecule has 172 valence electrons. The Morgan fingerprint density at radius 2 is 1.88 bits per heavy atom. The molecular weight excluding hydrogens is 443 g/mol. The van der Waals surface area contributed by atoms with E-state index < -0.39 is 15.8 Å². The van der Waals surface area contributed by atoms with Gasteiger partial charge in [-0.25, -0.2) is 12.8 Å². The number of carbonyl (C=O) groups excluding carboxylic acids is 1. The zero-order chi connectivity index (χ0) is 23.6. The van der Waals surface area contributed by atoms with Crippen molar-refractivity contribution in [1.82, 2.24) is 4.90 Å². The highest BCUT2D eigenvalue weighted by Gasteiger charge is 2.31. The minimum Gasteiger partial charge on any atom is -0.497 e. The molecule has 1 unspecified atom stereocenters. The molecule has 0 saturated carbocycles. The molecule has 1 saturated heterocycles. The summed E-state index contributed by atoms with van der Waals surface area (Å²) in [5.74, 6) is -0.0436. The van der Waals surface area contributed by atoms with E-state index in [4.69, 9.17) is 4.74 Å². The lowest BCUT2D eigenvalue weighted by Gasteiger charge is -2.25. The first-order valence-corrected chi connectivity index (χ1v) is 12.1. The van der Waals surface area contributed by atoms with E-state index >= 15 is 0 Å². The minimum atomic E-state index is -4.00. The van der Waals surface area contributed by atoms with Gasteiger partial charge in [-0.1, -0.05) is 24.3 Å². The number of hydrogen-bond donors (Lipinski definition) is 1. The summed E-state index contributed by atoms with van der Waals surface area (Å²) in [6.07, 6.45) is 1.71. The van der Waals surface area contributed by atoms with Crippen LogP contribution in [0.4, 0.5) is 10.1 Å². The fourth-order valence-electron chi connectivity index (χ4n) is 4.04. The van der Waals surface area contributed by atoms with E-state index in [1.54, 1.807) is 37.1 Å². The number of aryl methyl sites for hydroxylation is 1. The maximum atomic E-state index is 13.9. The van der Waals surface area contributed by atoms with Gasteiger partial charge in [-0.3, -0.25) is 9.52 Å². The molecule has 0 spiro atoms. The van der Waals surface area contributed by atoms with Gasteiger partial charge in [0.05, 0.1) is 18.0 Å². The van der Waals surface area contributed by atoms with Crippen LogP contribution in [0, 0.1) is 12.7 Å². The van der Waals surface area contributed by atoms with Crippen molar-refractivity contribution in [3.63, 3.8) is 0 Å². The molecule has 1 amide bonds. The zero-order valence-electron chi connectivity index (χ0n) is 18.4. The largest absolute Gasteiger partial charge is 0.497 e. The molecule has 1 heterocycles. The summed E-state index contributed by atoms with van der Waals surface area (Å²) in [5.41, 5.74) is 1.97. The highest BCUT2D eigenvalue weighted by molar-refractivity contribution is 7.92. The number of likely N-dealkylation sites (tertiary alicyclic amines) is 1. The summed E-state index contributed by atoms with van der Waals surface area (Å²) < 4.78 is 47.1. The SMILES string of the molecule is COc1cccc(C2CCCN2C(=O)c2cccc(NS(=O)(=O)c3ccc(C)c(F)c3)c2)c1. The molecule has 1 atom stereocenters. The summed E-state index contributed by atoms with van der Waals surface area (Å²) in [4.78, 5) is 14.9. The van der Waals surface area contributed by atoms with Gasteiger partial charge >= 0.3 is 0 Å². The molecule has 1 aliphatic rings. The molecule has 3 aromatic rings. The van der Waals surface area contributed by atoms with Crippen molar-refractivity contribution in [1.29, 1.82) is 0 Å². The average molecular weight is 469 g/mol. The van der Waals surface area contributed by atoms with Crippen molar-refractivity contribution in [2.45, 2.75) is 30.7 Å². The van der Waals surface area contributed by atoms with Gasteiger partial charge in [0, 0.05) is 17.8 Å². The first-order valence-electron chi connectivity index (χ1n) is 10.6. The van der Waals surface area contributed by atoms with E-state index in [0.29, 0.717) is 17.7 Å². The van der Waals surface area contributed by atoms with Crippen molar-refractivity contribution in [2.24, 2.45) is 0 Å². The van der Waals surface area contributed by atoms with Crippen LogP contribution < -0.4 is 9.46 Å². The second-order valence-electron chi connectivity index (χ2n) is 8.03. The van der Waals surface area contributed by atoms with Gasteiger partial charge in [-0.2, -0.15) is 0 Å². The molecule has 4 rings (SSSR count). The highest BCUT2D eigenvalue weighted by Crippen LogP contribution is 2.34. The van der Waals surface area contributed by atoms with Crippen molar-refractivity contribution < 1.29 is 22.3 Å². The van der Waals surface area contributed by atoms with Gasteiger partial charge in [0.15, 0.2) is 0 Å². The van der Waals surface area contributed by atoms with Crippen molar-refractivity contribution in [3.05, 3.63) is 89.2 Å². The lowest BCUT2D eigenvalue weighted by atomic mass is 10.0. The van der Waals surface area contributed by atoms with E-state index in [9.17, 15) is 17.6 Å². The van der Waals surface area contributed by atoms with Crippen LogP contribution in [0.2, 0.25) is 0 Å². The number of hydrogen-bond acceptors (Lipinski definition) is 4. The number of nitrogens with zero attached hydrogens (tertiary/aromatic N) is 1. The van der Waals surface area contributed by atoms with Crippen LogP contribution in [0.3, 0.4) is 0 Å². The highest BCUT2D eigenvalue weighted by atomic mass is 32.2. The molecule has 1 aliphatic heterocycles. The standard InChI is InChI=1S/C25H25FN2O4S/c1-17-11-12-22(16-23(17)26)33(30,31)27-20-8-3-7-19(14-20)25(29)28-13-5-10-24(28)18-6-4-9-21(15-18)32-2/h3-4,6-9,11-12,14-16,24,27H,5,10,13H2,1-2H3. The van der Waals surface area contributed by atoms with Crippen LogP contribution in [-0.2, 0) is 10.0 Å². The number of rotatable bonds is 6. The maximum absolute atomic E-state index is 13.9. The Morgan fingerprint density at radius 3 is 2.64 bits per heavy atom. The van der Waals surface area contributed by atoms with Crippen LogP contribution in [-0.4, -0.2) is 32.9 Å². The molecule has 0 bridgehead atoms. The van der Waals surface area contributed by atoms with Gasteiger partial charge < -0.3 is 9.64 Å². The third-order valence-corrected chi connectivity index (χ3v) is 7.19. The first-order chi connectivity index (χ1) is 15.8. The normalized spacial score (nSPS) is 16.0. The second kappa shape index (κ2) is 9.23. The Labute approximate surface area is 193 Å². The first kappa shape index (κ1) is 22.8. The number of ether oxygens (including phenoxy) is 1. The summed E-state index contributed by atoms with van der Waals surface area (Å²) >= 11 is 0. The van der Waals surface area contributed by atoms with Crippen LogP contribution in [0.1, 0.15) is 40.4 Å². The molecule has 1 fully saturated rings. The lowest BCUT2D eigenvalue weighted by Crippen LogP contribution is -2.30. The number of methoxy groups -OCH3 is 1. The van der Waals surface area contributed by atoms with E-state index in [1.807, 2.05) is 24.3 Å². The molecule has 8 heteroatoms. The van der Waals surface area contributed by atoms with Crippen molar-refractivity contribution >= 4 is 21.6 Å². The van der Waals surface area contributed by atoms with Crippen LogP contribution in [0.5, 0.6) is 5.75 Å². The fraction of sp³-hybridized carbons (Fsp3) is 0.240. The summed E-state index contributed by atoms with van der Waals surface area (Å²) in [6, 6.07) is 17.7. The number of benzene rings is 3. The molecule has 0 aromatic heterocycles. The number of carbonyl (C=O) groups is 1. The lowest BCUT2D eigenvalue weighted by molar-refractivity contribution is 0.0735. The molecule has 1 N–H and O–H groups in total. The van der Waals surface area contributed by atoms with Gasteiger partial charge in [-0.15, -0.1) is 0 Å². The number of anilines is 1. The van der Waals surface area contributed by atoms with E-state index in [2.05, 4.69) is 4.72 Å². The van der Waals surface area contributed by atoms with E-state index in [-0.39, 0.29) is 22.5 Å². The third-order valence-electron chi connectivity index (χ3n) is 5.81. The van der Waals surface area contributed by atoms with Crippen LogP contribution >= 0.6 is 0 Å².